The summed E-state index contributed by atoms with van der Waals surface area (Å²) >= 11 is 0. The van der Waals surface area contributed by atoms with Crippen LogP contribution in [0.3, 0.4) is 0 Å². The fourth-order valence-corrected chi connectivity index (χ4v) is 2.38. The van der Waals surface area contributed by atoms with Crippen LogP contribution in [0.2, 0.25) is 0 Å². The molecule has 1 rings (SSSR count). The zero-order valence-electron chi connectivity index (χ0n) is 12.3. The number of likely N-dealkylation sites (tertiary alicyclic amines) is 1. The number of urea groups is 1. The number of carbonyl (C=O) groups excluding carboxylic acids is 2. The molecule has 1 unspecified atom stereocenters. The van der Waals surface area contributed by atoms with E-state index in [0.717, 1.165) is 0 Å². The van der Waals surface area contributed by atoms with Gasteiger partial charge in [-0.25, -0.2) is 4.79 Å². The maximum absolute atomic E-state index is 12.2. The van der Waals surface area contributed by atoms with Gasteiger partial charge in [0, 0.05) is 33.7 Å². The van der Waals surface area contributed by atoms with Crippen LogP contribution >= 0.6 is 0 Å². The molecule has 0 bridgehead atoms. The lowest BCUT2D eigenvalue weighted by molar-refractivity contribution is -0.143. The average Bonchev–Trinajstić information content (AvgIpc) is 2.45. The number of rotatable bonds is 4. The maximum atomic E-state index is 12.2. The van der Waals surface area contributed by atoms with Gasteiger partial charge in [-0.15, -0.1) is 0 Å². The predicted molar refractivity (Wildman–Crippen MR) is 73.2 cm³/mol. The van der Waals surface area contributed by atoms with E-state index in [2.05, 4.69) is 5.32 Å². The molecular weight excluding hydrogens is 262 g/mol. The number of hydrogen-bond acceptors (Lipinski definition) is 3. The van der Waals surface area contributed by atoms with Gasteiger partial charge in [-0.3, -0.25) is 9.59 Å². The molecule has 0 saturated carbocycles. The van der Waals surface area contributed by atoms with Crippen LogP contribution in [0, 0.1) is 11.8 Å². The molecule has 20 heavy (non-hydrogen) atoms. The third kappa shape index (κ3) is 4.11. The van der Waals surface area contributed by atoms with Crippen LogP contribution in [0.5, 0.6) is 0 Å². The van der Waals surface area contributed by atoms with Crippen LogP contribution in [-0.2, 0) is 9.59 Å². The number of aliphatic carboxylic acids is 1. The molecular formula is C13H23N3O4. The number of amides is 3. The minimum atomic E-state index is -0.793. The lowest BCUT2D eigenvalue weighted by atomic mass is 9.97. The Labute approximate surface area is 118 Å². The second-order valence-corrected chi connectivity index (χ2v) is 5.28. The number of nitrogens with zero attached hydrogens (tertiary/aromatic N) is 2. The van der Waals surface area contributed by atoms with Gasteiger partial charge in [-0.05, 0) is 12.8 Å². The molecule has 1 aliphatic rings. The van der Waals surface area contributed by atoms with Crippen molar-refractivity contribution in [3.63, 3.8) is 0 Å². The molecule has 2 N–H and O–H groups in total. The van der Waals surface area contributed by atoms with E-state index in [-0.39, 0.29) is 23.8 Å². The van der Waals surface area contributed by atoms with Crippen molar-refractivity contribution in [1.82, 2.24) is 15.1 Å². The highest BCUT2D eigenvalue weighted by Crippen LogP contribution is 2.18. The Morgan fingerprint density at radius 2 is 1.90 bits per heavy atom. The summed E-state index contributed by atoms with van der Waals surface area (Å²) in [4.78, 5) is 37.7. The van der Waals surface area contributed by atoms with Crippen molar-refractivity contribution in [3.05, 3.63) is 0 Å². The minimum absolute atomic E-state index is 0.103. The van der Waals surface area contributed by atoms with Gasteiger partial charge in [0.15, 0.2) is 0 Å². The Kier molecular flexibility index (Phi) is 5.79. The van der Waals surface area contributed by atoms with Crippen molar-refractivity contribution in [1.29, 1.82) is 0 Å². The highest BCUT2D eigenvalue weighted by atomic mass is 16.4. The Hall–Kier alpha value is -1.79. The Balaban J connectivity index is 2.46. The summed E-state index contributed by atoms with van der Waals surface area (Å²) in [6.07, 6.45) is 0.972. The zero-order chi connectivity index (χ0) is 15.3. The van der Waals surface area contributed by atoms with E-state index in [9.17, 15) is 14.4 Å². The lowest BCUT2D eigenvalue weighted by Crippen LogP contribution is -2.48. The number of carboxylic acid groups (broad SMARTS) is 1. The monoisotopic (exact) mass is 285 g/mol. The average molecular weight is 285 g/mol. The fourth-order valence-electron chi connectivity index (χ4n) is 2.38. The zero-order valence-corrected chi connectivity index (χ0v) is 12.3. The number of carbonyl (C=O) groups is 3. The van der Waals surface area contributed by atoms with Crippen molar-refractivity contribution in [2.75, 3.05) is 33.7 Å². The van der Waals surface area contributed by atoms with Gasteiger partial charge in [-0.1, -0.05) is 6.92 Å². The topological polar surface area (TPSA) is 90.0 Å². The summed E-state index contributed by atoms with van der Waals surface area (Å²) < 4.78 is 0. The number of nitrogens with one attached hydrogen (secondary N) is 1. The van der Waals surface area contributed by atoms with E-state index in [1.54, 1.807) is 25.9 Å². The number of carboxylic acids is 1. The first-order valence-corrected chi connectivity index (χ1v) is 6.81. The fraction of sp³-hybridized carbons (Fsp3) is 0.769. The molecule has 0 aromatic heterocycles. The summed E-state index contributed by atoms with van der Waals surface area (Å²) in [6.45, 7) is 3.01. The summed E-state index contributed by atoms with van der Waals surface area (Å²) in [7, 11) is 3.22. The minimum Gasteiger partial charge on any atom is -0.481 e. The smallest absolute Gasteiger partial charge is 0.319 e. The summed E-state index contributed by atoms with van der Waals surface area (Å²) in [6, 6.07) is -0.149. The van der Waals surface area contributed by atoms with Crippen LogP contribution in [0.15, 0.2) is 0 Å². The highest BCUT2D eigenvalue weighted by molar-refractivity contribution is 5.80. The van der Waals surface area contributed by atoms with Crippen molar-refractivity contribution in [3.8, 4) is 0 Å². The second kappa shape index (κ2) is 7.12. The Morgan fingerprint density at radius 1 is 1.35 bits per heavy atom. The Bertz CT molecular complexity index is 378. The summed E-state index contributed by atoms with van der Waals surface area (Å²) in [5.74, 6) is -1.52. The van der Waals surface area contributed by atoms with Crippen molar-refractivity contribution >= 4 is 17.9 Å². The van der Waals surface area contributed by atoms with E-state index in [4.69, 9.17) is 5.11 Å². The van der Waals surface area contributed by atoms with Gasteiger partial charge in [0.1, 0.15) is 0 Å². The largest absolute Gasteiger partial charge is 0.481 e. The SMILES string of the molecule is CNC(=O)C(C)CN(C)C(=O)N1CCC(C(=O)O)CC1. The molecule has 0 spiro atoms. The van der Waals surface area contributed by atoms with E-state index < -0.39 is 5.97 Å². The van der Waals surface area contributed by atoms with Gasteiger partial charge < -0.3 is 20.2 Å². The molecule has 0 aliphatic carbocycles. The molecule has 0 aromatic carbocycles. The van der Waals surface area contributed by atoms with Gasteiger partial charge in [0.05, 0.1) is 11.8 Å². The van der Waals surface area contributed by atoms with Crippen LogP contribution in [0.25, 0.3) is 0 Å². The molecule has 1 aliphatic heterocycles. The van der Waals surface area contributed by atoms with E-state index in [0.29, 0.717) is 32.5 Å². The van der Waals surface area contributed by atoms with Gasteiger partial charge in [-0.2, -0.15) is 0 Å². The van der Waals surface area contributed by atoms with Crippen molar-refractivity contribution in [2.45, 2.75) is 19.8 Å². The lowest BCUT2D eigenvalue weighted by Gasteiger charge is -2.33. The normalized spacial score (nSPS) is 17.4. The molecule has 1 heterocycles. The maximum Gasteiger partial charge on any atom is 0.319 e. The van der Waals surface area contributed by atoms with Crippen molar-refractivity contribution < 1.29 is 19.5 Å². The molecule has 1 fully saturated rings. The van der Waals surface area contributed by atoms with Crippen LogP contribution in [0.4, 0.5) is 4.79 Å². The van der Waals surface area contributed by atoms with E-state index >= 15 is 0 Å². The summed E-state index contributed by atoms with van der Waals surface area (Å²) in [5, 5.41) is 11.5. The molecule has 7 nitrogen and oxygen atoms in total. The Morgan fingerprint density at radius 3 is 2.35 bits per heavy atom. The molecule has 114 valence electrons. The van der Waals surface area contributed by atoms with Crippen LogP contribution < -0.4 is 5.32 Å². The molecule has 1 saturated heterocycles. The first kappa shape index (κ1) is 16.3. The molecule has 7 heteroatoms. The van der Waals surface area contributed by atoms with E-state index in [1.165, 1.54) is 4.90 Å². The molecule has 3 amide bonds. The summed E-state index contributed by atoms with van der Waals surface area (Å²) in [5.41, 5.74) is 0. The predicted octanol–water partition coefficient (Wildman–Crippen LogP) is 0.217. The van der Waals surface area contributed by atoms with Crippen LogP contribution in [0.1, 0.15) is 19.8 Å². The van der Waals surface area contributed by atoms with Gasteiger partial charge >= 0.3 is 12.0 Å². The first-order valence-electron chi connectivity index (χ1n) is 6.81. The molecule has 0 radical (unpaired) electrons. The standard InChI is InChI=1S/C13H23N3O4/c1-9(11(17)14-2)8-15(3)13(20)16-6-4-10(5-7-16)12(18)19/h9-10H,4-8H2,1-3H3,(H,14,17)(H,18,19). The van der Waals surface area contributed by atoms with Gasteiger partial charge in [0.25, 0.3) is 0 Å². The van der Waals surface area contributed by atoms with Crippen molar-refractivity contribution in [2.24, 2.45) is 11.8 Å². The third-order valence-electron chi connectivity index (χ3n) is 3.68. The first-order chi connectivity index (χ1) is 9.36. The third-order valence-corrected chi connectivity index (χ3v) is 3.68. The number of hydrogen-bond donors (Lipinski definition) is 2. The quantitative estimate of drug-likeness (QED) is 0.773. The number of piperidine rings is 1. The highest BCUT2D eigenvalue weighted by Gasteiger charge is 2.29. The van der Waals surface area contributed by atoms with Crippen LogP contribution in [-0.4, -0.2) is 66.5 Å². The van der Waals surface area contributed by atoms with E-state index in [1.807, 2.05) is 0 Å². The molecule has 0 aromatic rings. The second-order valence-electron chi connectivity index (χ2n) is 5.28. The molecule has 1 atom stereocenters. The van der Waals surface area contributed by atoms with Gasteiger partial charge in [0.2, 0.25) is 5.91 Å².